The largest absolute Gasteiger partial charge is 0.436 e. The highest BCUT2D eigenvalue weighted by molar-refractivity contribution is 6.05. The standard InChI is InChI=1S/C27H26N4O4/c1-2-18-6-8-19(9-7-18)27-29-22-17-21(11-13-25(22)35-27)28-26(32)20-10-12-23(24(16-20)31(33)34)30-14-4-3-5-15-30/h6-13,16-17H,2-5,14-15H2,1H3,(H,28,32). The van der Waals surface area contributed by atoms with Crippen LogP contribution in [-0.2, 0) is 6.42 Å². The normalized spacial score (nSPS) is 13.7. The topological polar surface area (TPSA) is 102 Å². The fourth-order valence-electron chi connectivity index (χ4n) is 4.43. The summed E-state index contributed by atoms with van der Waals surface area (Å²) in [4.78, 5) is 30.8. The van der Waals surface area contributed by atoms with Gasteiger partial charge in [-0.05, 0) is 73.7 Å². The third-order valence-corrected chi connectivity index (χ3v) is 6.39. The zero-order valence-corrected chi connectivity index (χ0v) is 19.5. The van der Waals surface area contributed by atoms with Gasteiger partial charge in [-0.3, -0.25) is 14.9 Å². The number of anilines is 2. The minimum Gasteiger partial charge on any atom is -0.436 e. The molecule has 1 saturated heterocycles. The molecule has 0 radical (unpaired) electrons. The van der Waals surface area contributed by atoms with E-state index >= 15 is 0 Å². The average Bonchev–Trinajstić information content (AvgIpc) is 3.32. The lowest BCUT2D eigenvalue weighted by Gasteiger charge is -2.28. The van der Waals surface area contributed by atoms with Crippen LogP contribution in [0.25, 0.3) is 22.6 Å². The Balaban J connectivity index is 1.36. The lowest BCUT2D eigenvalue weighted by atomic mass is 10.1. The van der Waals surface area contributed by atoms with Crippen LogP contribution >= 0.6 is 0 Å². The van der Waals surface area contributed by atoms with E-state index in [0.717, 1.165) is 44.3 Å². The lowest BCUT2D eigenvalue weighted by molar-refractivity contribution is -0.384. The van der Waals surface area contributed by atoms with Crippen molar-refractivity contribution in [3.05, 3.63) is 81.9 Å². The van der Waals surface area contributed by atoms with E-state index in [1.165, 1.54) is 11.6 Å². The Morgan fingerprint density at radius 2 is 1.83 bits per heavy atom. The molecule has 8 heteroatoms. The molecule has 2 heterocycles. The summed E-state index contributed by atoms with van der Waals surface area (Å²) in [7, 11) is 0. The number of fused-ring (bicyclic) bond motifs is 1. The van der Waals surface area contributed by atoms with Gasteiger partial charge in [-0.25, -0.2) is 4.98 Å². The first-order valence-electron chi connectivity index (χ1n) is 11.9. The van der Waals surface area contributed by atoms with E-state index in [2.05, 4.69) is 17.2 Å². The highest BCUT2D eigenvalue weighted by atomic mass is 16.6. The Kier molecular flexibility index (Phi) is 6.18. The Morgan fingerprint density at radius 1 is 1.06 bits per heavy atom. The fraction of sp³-hybridized carbons (Fsp3) is 0.259. The minimum atomic E-state index is -0.420. The molecule has 0 saturated carbocycles. The summed E-state index contributed by atoms with van der Waals surface area (Å²) in [5, 5.41) is 14.6. The van der Waals surface area contributed by atoms with E-state index < -0.39 is 10.8 Å². The van der Waals surface area contributed by atoms with Crippen LogP contribution in [0.2, 0.25) is 0 Å². The van der Waals surface area contributed by atoms with E-state index in [1.54, 1.807) is 30.3 Å². The predicted octanol–water partition coefficient (Wildman–Crippen LogP) is 6.21. The third kappa shape index (κ3) is 4.73. The van der Waals surface area contributed by atoms with Crippen molar-refractivity contribution in [2.45, 2.75) is 32.6 Å². The number of hydrogen-bond acceptors (Lipinski definition) is 6. The van der Waals surface area contributed by atoms with Crippen molar-refractivity contribution < 1.29 is 14.1 Å². The van der Waals surface area contributed by atoms with Crippen LogP contribution in [0, 0.1) is 10.1 Å². The zero-order valence-electron chi connectivity index (χ0n) is 19.5. The summed E-state index contributed by atoms with van der Waals surface area (Å²) in [6, 6.07) is 17.9. The summed E-state index contributed by atoms with van der Waals surface area (Å²) in [6.07, 6.45) is 4.11. The first-order valence-corrected chi connectivity index (χ1v) is 11.9. The lowest BCUT2D eigenvalue weighted by Crippen LogP contribution is -2.30. The van der Waals surface area contributed by atoms with E-state index in [1.807, 2.05) is 29.2 Å². The van der Waals surface area contributed by atoms with Crippen molar-refractivity contribution in [1.82, 2.24) is 4.98 Å². The molecule has 1 aliphatic heterocycles. The van der Waals surface area contributed by atoms with E-state index in [0.29, 0.717) is 28.4 Å². The van der Waals surface area contributed by atoms with Crippen molar-refractivity contribution in [3.8, 4) is 11.5 Å². The molecule has 3 aromatic carbocycles. The smallest absolute Gasteiger partial charge is 0.293 e. The second kappa shape index (κ2) is 9.58. The zero-order chi connectivity index (χ0) is 24.4. The van der Waals surface area contributed by atoms with E-state index in [-0.39, 0.29) is 11.3 Å². The molecule has 1 fully saturated rings. The van der Waals surface area contributed by atoms with Gasteiger partial charge >= 0.3 is 0 Å². The molecule has 8 nitrogen and oxygen atoms in total. The molecule has 1 N–H and O–H groups in total. The quantitative estimate of drug-likeness (QED) is 0.266. The maximum absolute atomic E-state index is 12.9. The number of nitrogens with one attached hydrogen (secondary N) is 1. The number of carbonyl (C=O) groups is 1. The molecule has 0 spiro atoms. The highest BCUT2D eigenvalue weighted by Crippen LogP contribution is 2.32. The van der Waals surface area contributed by atoms with Gasteiger partial charge in [0, 0.05) is 36.0 Å². The van der Waals surface area contributed by atoms with Crippen molar-refractivity contribution in [2.24, 2.45) is 0 Å². The monoisotopic (exact) mass is 470 g/mol. The molecule has 1 amide bonds. The molecule has 0 unspecified atom stereocenters. The second-order valence-corrected chi connectivity index (χ2v) is 8.71. The number of nitrogens with zero attached hydrogens (tertiary/aromatic N) is 3. The molecular formula is C27H26N4O4. The number of nitro benzene ring substituents is 1. The molecule has 1 aliphatic rings. The van der Waals surface area contributed by atoms with Gasteiger partial charge in [-0.15, -0.1) is 0 Å². The van der Waals surface area contributed by atoms with Crippen LogP contribution in [0.15, 0.2) is 65.1 Å². The molecule has 4 aromatic rings. The van der Waals surface area contributed by atoms with E-state index in [9.17, 15) is 14.9 Å². The van der Waals surface area contributed by atoms with Gasteiger partial charge in [-0.1, -0.05) is 19.1 Å². The molecule has 0 atom stereocenters. The number of aryl methyl sites for hydroxylation is 1. The number of hydrogen-bond donors (Lipinski definition) is 1. The maximum atomic E-state index is 12.9. The van der Waals surface area contributed by atoms with Gasteiger partial charge in [0.25, 0.3) is 11.6 Å². The second-order valence-electron chi connectivity index (χ2n) is 8.71. The van der Waals surface area contributed by atoms with Gasteiger partial charge in [0.2, 0.25) is 5.89 Å². The van der Waals surface area contributed by atoms with Crippen LogP contribution < -0.4 is 10.2 Å². The average molecular weight is 471 g/mol. The molecule has 178 valence electrons. The number of oxazole rings is 1. The molecule has 0 aliphatic carbocycles. The van der Waals surface area contributed by atoms with Gasteiger partial charge in [-0.2, -0.15) is 0 Å². The number of carbonyl (C=O) groups excluding carboxylic acids is 1. The number of aromatic nitrogens is 1. The number of piperidine rings is 1. The number of nitro groups is 1. The highest BCUT2D eigenvalue weighted by Gasteiger charge is 2.23. The Hall–Kier alpha value is -4.20. The van der Waals surface area contributed by atoms with Crippen LogP contribution in [0.1, 0.15) is 42.1 Å². The van der Waals surface area contributed by atoms with Crippen LogP contribution in [-0.4, -0.2) is 28.9 Å². The molecule has 0 bridgehead atoms. The predicted molar refractivity (Wildman–Crippen MR) is 136 cm³/mol. The summed E-state index contributed by atoms with van der Waals surface area (Å²) in [5.74, 6) is 0.0894. The van der Waals surface area contributed by atoms with Crippen molar-refractivity contribution in [3.63, 3.8) is 0 Å². The number of rotatable bonds is 6. The van der Waals surface area contributed by atoms with Crippen molar-refractivity contribution in [1.29, 1.82) is 0 Å². The Morgan fingerprint density at radius 3 is 2.54 bits per heavy atom. The summed E-state index contributed by atoms with van der Waals surface area (Å²) in [5.41, 5.74) is 4.62. The maximum Gasteiger partial charge on any atom is 0.293 e. The Bertz CT molecular complexity index is 1390. The van der Waals surface area contributed by atoms with E-state index in [4.69, 9.17) is 4.42 Å². The van der Waals surface area contributed by atoms with Gasteiger partial charge in [0.1, 0.15) is 11.2 Å². The summed E-state index contributed by atoms with van der Waals surface area (Å²) >= 11 is 0. The molecule has 1 aromatic heterocycles. The van der Waals surface area contributed by atoms with Crippen molar-refractivity contribution >= 4 is 34.1 Å². The molecule has 5 rings (SSSR count). The number of benzene rings is 3. The van der Waals surface area contributed by atoms with Crippen LogP contribution in [0.5, 0.6) is 0 Å². The van der Waals surface area contributed by atoms with Crippen LogP contribution in [0.4, 0.5) is 17.1 Å². The molecular weight excluding hydrogens is 444 g/mol. The summed E-state index contributed by atoms with van der Waals surface area (Å²) in [6.45, 7) is 3.68. The Labute approximate surface area is 202 Å². The SMILES string of the molecule is CCc1ccc(-c2nc3cc(NC(=O)c4ccc(N5CCCCC5)c([N+](=O)[O-])c4)ccc3o2)cc1. The molecule has 35 heavy (non-hydrogen) atoms. The third-order valence-electron chi connectivity index (χ3n) is 6.39. The van der Waals surface area contributed by atoms with Gasteiger partial charge < -0.3 is 14.6 Å². The summed E-state index contributed by atoms with van der Waals surface area (Å²) < 4.78 is 5.88. The van der Waals surface area contributed by atoms with Crippen molar-refractivity contribution in [2.75, 3.05) is 23.3 Å². The fourth-order valence-corrected chi connectivity index (χ4v) is 4.43. The van der Waals surface area contributed by atoms with Gasteiger partial charge in [0.05, 0.1) is 4.92 Å². The first-order chi connectivity index (χ1) is 17.0. The minimum absolute atomic E-state index is 0.0507. The van der Waals surface area contributed by atoms with Gasteiger partial charge in [0.15, 0.2) is 5.58 Å². The first kappa shape index (κ1) is 22.6. The number of amides is 1. The van der Waals surface area contributed by atoms with Crippen LogP contribution in [0.3, 0.4) is 0 Å².